The highest BCUT2D eigenvalue weighted by molar-refractivity contribution is 6.32. The molecule has 168 valence electrons. The van der Waals surface area contributed by atoms with Crippen LogP contribution in [0.4, 0.5) is 17.6 Å². The number of para-hydroxylation sites is 1. The van der Waals surface area contributed by atoms with Crippen LogP contribution in [-0.4, -0.2) is 15.7 Å². The van der Waals surface area contributed by atoms with Gasteiger partial charge in [0.05, 0.1) is 16.4 Å². The number of aromatic nitrogens is 2. The van der Waals surface area contributed by atoms with Gasteiger partial charge >= 0.3 is 6.18 Å². The van der Waals surface area contributed by atoms with Gasteiger partial charge in [0.1, 0.15) is 5.82 Å². The Bertz CT molecular complexity index is 1300. The average molecular weight is 474 g/mol. The molecular weight excluding hydrogens is 458 g/mol. The van der Waals surface area contributed by atoms with E-state index in [1.54, 1.807) is 42.5 Å². The number of halogens is 5. The fourth-order valence-corrected chi connectivity index (χ4v) is 3.46. The molecule has 0 fully saturated rings. The number of nitrogens with zero attached hydrogens (tertiary/aromatic N) is 2. The molecule has 0 saturated carbocycles. The van der Waals surface area contributed by atoms with Gasteiger partial charge in [0.2, 0.25) is 0 Å². The predicted molar refractivity (Wildman–Crippen MR) is 117 cm³/mol. The lowest BCUT2D eigenvalue weighted by Crippen LogP contribution is -2.23. The van der Waals surface area contributed by atoms with Gasteiger partial charge in [-0.2, -0.15) is 18.3 Å². The van der Waals surface area contributed by atoms with Gasteiger partial charge < -0.3 is 5.32 Å². The molecule has 1 amide bonds. The Morgan fingerprint density at radius 3 is 2.30 bits per heavy atom. The van der Waals surface area contributed by atoms with E-state index in [0.29, 0.717) is 11.1 Å². The van der Waals surface area contributed by atoms with Crippen molar-refractivity contribution < 1.29 is 22.4 Å². The minimum atomic E-state index is -4.65. The zero-order chi connectivity index (χ0) is 23.6. The van der Waals surface area contributed by atoms with Gasteiger partial charge in [0.25, 0.3) is 5.91 Å². The van der Waals surface area contributed by atoms with Crippen LogP contribution in [0, 0.1) is 5.82 Å². The summed E-state index contributed by atoms with van der Waals surface area (Å²) in [5.74, 6) is -0.873. The Labute approximate surface area is 191 Å². The highest BCUT2D eigenvalue weighted by Crippen LogP contribution is 2.34. The molecule has 9 heteroatoms. The molecule has 0 unspecified atom stereocenters. The van der Waals surface area contributed by atoms with E-state index < -0.39 is 23.6 Å². The van der Waals surface area contributed by atoms with Crippen molar-refractivity contribution in [2.45, 2.75) is 12.7 Å². The molecule has 0 saturated heterocycles. The van der Waals surface area contributed by atoms with Crippen LogP contribution in [0.5, 0.6) is 0 Å². The van der Waals surface area contributed by atoms with Gasteiger partial charge in [-0.15, -0.1) is 0 Å². The van der Waals surface area contributed by atoms with Crippen LogP contribution in [0.15, 0.2) is 78.9 Å². The van der Waals surface area contributed by atoms with Crippen molar-refractivity contribution >= 4 is 17.5 Å². The standard InChI is InChI=1S/C24H16ClF4N3O/c25-18-6-2-4-8-20(18)32-21(13-22(31-32)24(27,28)29)15-9-11-16(12-10-15)23(33)30-14-17-5-1-3-7-19(17)26/h1-13H,14H2,(H,30,33). The lowest BCUT2D eigenvalue weighted by atomic mass is 10.1. The molecule has 3 aromatic carbocycles. The summed E-state index contributed by atoms with van der Waals surface area (Å²) in [6.07, 6.45) is -4.65. The summed E-state index contributed by atoms with van der Waals surface area (Å²) in [6.45, 7) is 0.00147. The van der Waals surface area contributed by atoms with Gasteiger partial charge in [-0.05, 0) is 36.4 Å². The molecule has 0 aliphatic heterocycles. The lowest BCUT2D eigenvalue weighted by molar-refractivity contribution is -0.141. The van der Waals surface area contributed by atoms with Crippen molar-refractivity contribution in [2.24, 2.45) is 0 Å². The second-order valence-electron chi connectivity index (χ2n) is 7.13. The van der Waals surface area contributed by atoms with Crippen molar-refractivity contribution in [2.75, 3.05) is 0 Å². The molecule has 0 aliphatic carbocycles. The third-order valence-corrected chi connectivity index (χ3v) is 5.24. The molecule has 4 nitrogen and oxygen atoms in total. The number of nitrogens with one attached hydrogen (secondary N) is 1. The van der Waals surface area contributed by atoms with Gasteiger partial charge in [-0.25, -0.2) is 9.07 Å². The molecule has 0 spiro atoms. The van der Waals surface area contributed by atoms with Gasteiger partial charge in [-0.1, -0.05) is 54.1 Å². The number of amides is 1. The molecule has 0 aliphatic rings. The molecule has 0 atom stereocenters. The molecular formula is C24H16ClF4N3O. The number of alkyl halides is 3. The third-order valence-electron chi connectivity index (χ3n) is 4.92. The van der Waals surface area contributed by atoms with E-state index in [2.05, 4.69) is 10.4 Å². The van der Waals surface area contributed by atoms with Crippen LogP contribution in [0.3, 0.4) is 0 Å². The Morgan fingerprint density at radius 1 is 0.970 bits per heavy atom. The van der Waals surface area contributed by atoms with Crippen LogP contribution < -0.4 is 5.32 Å². The zero-order valence-electron chi connectivity index (χ0n) is 16.9. The third kappa shape index (κ3) is 4.90. The minimum Gasteiger partial charge on any atom is -0.348 e. The summed E-state index contributed by atoms with van der Waals surface area (Å²) in [4.78, 5) is 12.4. The van der Waals surface area contributed by atoms with Gasteiger partial charge in [-0.3, -0.25) is 4.79 Å². The van der Waals surface area contributed by atoms with Crippen LogP contribution in [0.2, 0.25) is 5.02 Å². The van der Waals surface area contributed by atoms with E-state index in [9.17, 15) is 22.4 Å². The van der Waals surface area contributed by atoms with E-state index in [-0.39, 0.29) is 28.5 Å². The number of carbonyl (C=O) groups excluding carboxylic acids is 1. The molecule has 4 aromatic rings. The first-order chi connectivity index (χ1) is 15.7. The van der Waals surface area contributed by atoms with Crippen LogP contribution in [-0.2, 0) is 12.7 Å². The lowest BCUT2D eigenvalue weighted by Gasteiger charge is -2.10. The molecule has 0 bridgehead atoms. The minimum absolute atomic E-state index is 0.00147. The molecule has 4 rings (SSSR count). The second kappa shape index (κ2) is 9.07. The zero-order valence-corrected chi connectivity index (χ0v) is 17.7. The normalized spacial score (nSPS) is 11.4. The van der Waals surface area contributed by atoms with Crippen molar-refractivity contribution in [1.82, 2.24) is 15.1 Å². The quantitative estimate of drug-likeness (QED) is 0.347. The van der Waals surface area contributed by atoms with Crippen LogP contribution in [0.25, 0.3) is 16.9 Å². The summed E-state index contributed by atoms with van der Waals surface area (Å²) in [5.41, 5.74) is 0.401. The maximum Gasteiger partial charge on any atom is 0.435 e. The highest BCUT2D eigenvalue weighted by Gasteiger charge is 2.35. The second-order valence-corrected chi connectivity index (χ2v) is 7.53. The fourth-order valence-electron chi connectivity index (χ4n) is 3.24. The summed E-state index contributed by atoms with van der Waals surface area (Å²) in [5, 5.41) is 6.57. The Hall–Kier alpha value is -3.65. The number of hydrogen-bond donors (Lipinski definition) is 1. The average Bonchev–Trinajstić information content (AvgIpc) is 3.25. The number of carbonyl (C=O) groups is 1. The maximum absolute atomic E-state index is 13.7. The van der Waals surface area contributed by atoms with Gasteiger partial charge in [0, 0.05) is 23.2 Å². The van der Waals surface area contributed by atoms with E-state index in [0.717, 1.165) is 10.7 Å². The fraction of sp³-hybridized carbons (Fsp3) is 0.0833. The SMILES string of the molecule is O=C(NCc1ccccc1F)c1ccc(-c2cc(C(F)(F)F)nn2-c2ccccc2Cl)cc1. The van der Waals surface area contributed by atoms with E-state index in [4.69, 9.17) is 11.6 Å². The first-order valence-electron chi connectivity index (χ1n) is 9.78. The molecule has 1 N–H and O–H groups in total. The summed E-state index contributed by atoms with van der Waals surface area (Å²) >= 11 is 6.18. The largest absolute Gasteiger partial charge is 0.435 e. The molecule has 1 aromatic heterocycles. The van der Waals surface area contributed by atoms with Crippen molar-refractivity contribution in [3.05, 3.63) is 107 Å². The van der Waals surface area contributed by atoms with E-state index >= 15 is 0 Å². The highest BCUT2D eigenvalue weighted by atomic mass is 35.5. The Kier molecular flexibility index (Phi) is 6.20. The molecule has 0 radical (unpaired) electrons. The van der Waals surface area contributed by atoms with E-state index in [1.807, 2.05) is 0 Å². The van der Waals surface area contributed by atoms with Crippen molar-refractivity contribution in [1.29, 1.82) is 0 Å². The van der Waals surface area contributed by atoms with Crippen LogP contribution in [0.1, 0.15) is 21.6 Å². The predicted octanol–water partition coefficient (Wildman–Crippen LogP) is 6.28. The maximum atomic E-state index is 13.7. The van der Waals surface area contributed by atoms with Crippen molar-refractivity contribution in [3.8, 4) is 16.9 Å². The Morgan fingerprint density at radius 2 is 1.64 bits per heavy atom. The first-order valence-corrected chi connectivity index (χ1v) is 10.2. The monoisotopic (exact) mass is 473 g/mol. The summed E-state index contributed by atoms with van der Waals surface area (Å²) < 4.78 is 54.9. The number of rotatable bonds is 5. The smallest absolute Gasteiger partial charge is 0.348 e. The van der Waals surface area contributed by atoms with E-state index in [1.165, 1.54) is 30.3 Å². The summed E-state index contributed by atoms with van der Waals surface area (Å²) in [7, 11) is 0. The topological polar surface area (TPSA) is 46.9 Å². The molecule has 1 heterocycles. The Balaban J connectivity index is 1.62. The number of benzene rings is 3. The number of hydrogen-bond acceptors (Lipinski definition) is 2. The van der Waals surface area contributed by atoms with Crippen LogP contribution >= 0.6 is 11.6 Å². The first kappa shape index (κ1) is 22.5. The van der Waals surface area contributed by atoms with Gasteiger partial charge in [0.15, 0.2) is 5.69 Å². The van der Waals surface area contributed by atoms with Crippen molar-refractivity contribution in [3.63, 3.8) is 0 Å². The summed E-state index contributed by atoms with van der Waals surface area (Å²) in [6, 6.07) is 19.4. The molecule has 33 heavy (non-hydrogen) atoms.